The Hall–Kier alpha value is -1.10. The van der Waals surface area contributed by atoms with E-state index in [1.165, 1.54) is 38.5 Å². The third kappa shape index (κ3) is 3.96. The number of esters is 1. The van der Waals surface area contributed by atoms with Crippen LogP contribution in [0.2, 0.25) is 0 Å². The monoisotopic (exact) mass is 419 g/mol. The standard InChI is InChI=1S/C24H34ClNO3/c1-17-6-7-20(27)15-19(25)9-14-29-22(28)18-8-13-23(2)10-4-12-24(26(23)16-18)11-3-5-21(17)24/h6-8,15,17,20-21,27H,3-5,9-14,16H2,1-2H3. The lowest BCUT2D eigenvalue weighted by molar-refractivity contribution is -0.141. The fraction of sp³-hybridized carbons (Fsp3) is 0.708. The van der Waals surface area contributed by atoms with Gasteiger partial charge in [-0.2, -0.15) is 0 Å². The first-order chi connectivity index (χ1) is 13.8. The van der Waals surface area contributed by atoms with E-state index >= 15 is 0 Å². The molecule has 1 spiro atoms. The molecule has 3 heterocycles. The van der Waals surface area contributed by atoms with E-state index in [1.54, 1.807) is 6.08 Å². The summed E-state index contributed by atoms with van der Waals surface area (Å²) in [5.41, 5.74) is 1.05. The zero-order valence-electron chi connectivity index (χ0n) is 17.7. The SMILES string of the molecule is CC1C=CC(O)C=C(Cl)CCOC(=O)C2=CCC3(C)CCCC4(CCCC14)N3C2. The van der Waals surface area contributed by atoms with Crippen LogP contribution in [0, 0.1) is 11.8 Å². The number of rotatable bonds is 0. The van der Waals surface area contributed by atoms with Crippen LogP contribution in [-0.4, -0.2) is 46.3 Å². The number of piperidine rings is 1. The van der Waals surface area contributed by atoms with Crippen molar-refractivity contribution in [2.24, 2.45) is 11.8 Å². The third-order valence-corrected chi connectivity index (χ3v) is 8.20. The van der Waals surface area contributed by atoms with Crippen molar-refractivity contribution in [1.29, 1.82) is 0 Å². The predicted molar refractivity (Wildman–Crippen MR) is 116 cm³/mol. The Balaban J connectivity index is 1.73. The molecule has 0 aromatic rings. The van der Waals surface area contributed by atoms with Gasteiger partial charge in [-0.05, 0) is 63.4 Å². The maximum Gasteiger partial charge on any atom is 0.335 e. The summed E-state index contributed by atoms with van der Waals surface area (Å²) in [7, 11) is 0. The molecule has 2 fully saturated rings. The van der Waals surface area contributed by atoms with Gasteiger partial charge in [0.1, 0.15) is 0 Å². The van der Waals surface area contributed by atoms with Crippen LogP contribution in [0.25, 0.3) is 0 Å². The van der Waals surface area contributed by atoms with E-state index < -0.39 is 6.10 Å². The molecule has 2 bridgehead atoms. The van der Waals surface area contributed by atoms with Gasteiger partial charge >= 0.3 is 5.97 Å². The summed E-state index contributed by atoms with van der Waals surface area (Å²) in [5, 5.41) is 10.9. The lowest BCUT2D eigenvalue weighted by Gasteiger charge is -2.60. The van der Waals surface area contributed by atoms with E-state index in [2.05, 4.69) is 30.9 Å². The average Bonchev–Trinajstić information content (AvgIpc) is 3.09. The normalized spacial score (nSPS) is 41.5. The zero-order valence-corrected chi connectivity index (χ0v) is 18.5. The summed E-state index contributed by atoms with van der Waals surface area (Å²) in [6.07, 6.45) is 15.7. The van der Waals surface area contributed by atoms with Crippen molar-refractivity contribution < 1.29 is 14.6 Å². The molecule has 1 aliphatic carbocycles. The molecule has 4 aliphatic rings. The first-order valence-electron chi connectivity index (χ1n) is 11.2. The fourth-order valence-corrected chi connectivity index (χ4v) is 6.64. The molecule has 3 aliphatic heterocycles. The van der Waals surface area contributed by atoms with E-state index in [0.29, 0.717) is 29.8 Å². The highest BCUT2D eigenvalue weighted by atomic mass is 35.5. The van der Waals surface area contributed by atoms with Crippen molar-refractivity contribution in [2.75, 3.05) is 13.2 Å². The van der Waals surface area contributed by atoms with Gasteiger partial charge in [0.15, 0.2) is 0 Å². The Morgan fingerprint density at radius 3 is 2.86 bits per heavy atom. The molecule has 5 unspecified atom stereocenters. The zero-order chi connectivity index (χ0) is 20.6. The number of hydrogen-bond acceptors (Lipinski definition) is 4. The van der Waals surface area contributed by atoms with Crippen molar-refractivity contribution in [3.05, 3.63) is 34.9 Å². The molecule has 0 radical (unpaired) electrons. The Morgan fingerprint density at radius 2 is 2.03 bits per heavy atom. The van der Waals surface area contributed by atoms with Crippen molar-refractivity contribution in [3.8, 4) is 0 Å². The van der Waals surface area contributed by atoms with Gasteiger partial charge in [0, 0.05) is 34.6 Å². The number of ether oxygens (including phenoxy) is 1. The molecule has 160 valence electrons. The van der Waals surface area contributed by atoms with Crippen LogP contribution in [-0.2, 0) is 9.53 Å². The van der Waals surface area contributed by atoms with E-state index in [4.69, 9.17) is 16.3 Å². The summed E-state index contributed by atoms with van der Waals surface area (Å²) < 4.78 is 5.54. The van der Waals surface area contributed by atoms with Gasteiger partial charge in [-0.1, -0.05) is 43.2 Å². The molecule has 1 N–H and O–H groups in total. The van der Waals surface area contributed by atoms with Gasteiger partial charge in [-0.3, -0.25) is 4.90 Å². The molecular formula is C24H34ClNO3. The highest BCUT2D eigenvalue weighted by Crippen LogP contribution is 2.55. The summed E-state index contributed by atoms with van der Waals surface area (Å²) in [6.45, 7) is 5.59. The lowest BCUT2D eigenvalue weighted by atomic mass is 9.66. The van der Waals surface area contributed by atoms with Crippen LogP contribution in [0.5, 0.6) is 0 Å². The van der Waals surface area contributed by atoms with Gasteiger partial charge in [-0.15, -0.1) is 0 Å². The van der Waals surface area contributed by atoms with Crippen molar-refractivity contribution in [3.63, 3.8) is 0 Å². The second kappa shape index (κ2) is 8.20. The van der Waals surface area contributed by atoms with E-state index in [1.807, 2.05) is 6.08 Å². The molecule has 0 aromatic heterocycles. The lowest BCUT2D eigenvalue weighted by Crippen LogP contribution is -2.66. The highest BCUT2D eigenvalue weighted by molar-refractivity contribution is 6.29. The number of carbonyl (C=O) groups excluding carboxylic acids is 1. The Bertz CT molecular complexity index is 744. The number of aliphatic hydroxyl groups excluding tert-OH is 1. The molecule has 4 nitrogen and oxygen atoms in total. The maximum absolute atomic E-state index is 12.8. The van der Waals surface area contributed by atoms with Crippen LogP contribution < -0.4 is 0 Å². The van der Waals surface area contributed by atoms with Crippen LogP contribution in [0.15, 0.2) is 34.9 Å². The Morgan fingerprint density at radius 1 is 1.24 bits per heavy atom. The largest absolute Gasteiger partial charge is 0.462 e. The van der Waals surface area contributed by atoms with Gasteiger partial charge in [0.05, 0.1) is 12.7 Å². The minimum absolute atomic E-state index is 0.117. The number of cyclic esters (lactones) is 1. The average molecular weight is 420 g/mol. The number of allylic oxidation sites excluding steroid dienone is 1. The summed E-state index contributed by atoms with van der Waals surface area (Å²) >= 11 is 6.23. The Kier molecular flexibility index (Phi) is 5.98. The first-order valence-corrected chi connectivity index (χ1v) is 11.6. The van der Waals surface area contributed by atoms with Crippen molar-refractivity contribution >= 4 is 17.6 Å². The second-order valence-corrected chi connectivity index (χ2v) is 10.2. The van der Waals surface area contributed by atoms with Gasteiger partial charge < -0.3 is 9.84 Å². The highest BCUT2D eigenvalue weighted by Gasteiger charge is 2.56. The number of nitrogens with zero attached hydrogens (tertiary/aromatic N) is 1. The van der Waals surface area contributed by atoms with Crippen LogP contribution in [0.1, 0.15) is 65.2 Å². The van der Waals surface area contributed by atoms with Gasteiger partial charge in [-0.25, -0.2) is 4.79 Å². The smallest absolute Gasteiger partial charge is 0.335 e. The van der Waals surface area contributed by atoms with Crippen LogP contribution in [0.4, 0.5) is 0 Å². The number of aliphatic hydroxyl groups is 1. The molecule has 1 saturated carbocycles. The minimum atomic E-state index is -0.706. The molecule has 5 heteroatoms. The number of halogens is 1. The van der Waals surface area contributed by atoms with Crippen molar-refractivity contribution in [2.45, 2.75) is 82.4 Å². The number of carbonyl (C=O) groups is 1. The molecular weight excluding hydrogens is 386 g/mol. The first kappa shape index (κ1) is 21.1. The topological polar surface area (TPSA) is 49.8 Å². The van der Waals surface area contributed by atoms with E-state index in [0.717, 1.165) is 12.0 Å². The molecule has 0 amide bonds. The minimum Gasteiger partial charge on any atom is -0.462 e. The third-order valence-electron chi connectivity index (χ3n) is 7.88. The maximum atomic E-state index is 12.8. The van der Waals surface area contributed by atoms with Crippen LogP contribution in [0.3, 0.4) is 0 Å². The molecule has 5 atom stereocenters. The van der Waals surface area contributed by atoms with Gasteiger partial charge in [0.2, 0.25) is 0 Å². The summed E-state index contributed by atoms with van der Waals surface area (Å²) in [6, 6.07) is 0. The summed E-state index contributed by atoms with van der Waals surface area (Å²) in [5.74, 6) is 0.687. The van der Waals surface area contributed by atoms with E-state index in [-0.39, 0.29) is 23.7 Å². The summed E-state index contributed by atoms with van der Waals surface area (Å²) in [4.78, 5) is 15.5. The van der Waals surface area contributed by atoms with E-state index in [9.17, 15) is 9.90 Å². The molecule has 4 rings (SSSR count). The van der Waals surface area contributed by atoms with Crippen LogP contribution >= 0.6 is 11.6 Å². The predicted octanol–water partition coefficient (Wildman–Crippen LogP) is 4.72. The number of fused-ring (bicyclic) bond motifs is 1. The molecule has 29 heavy (non-hydrogen) atoms. The Labute approximate surface area is 179 Å². The number of hydrogen-bond donors (Lipinski definition) is 1. The fourth-order valence-electron chi connectivity index (χ4n) is 6.43. The second-order valence-electron chi connectivity index (χ2n) is 9.71. The molecule has 1 saturated heterocycles. The van der Waals surface area contributed by atoms with Gasteiger partial charge in [0.25, 0.3) is 0 Å². The van der Waals surface area contributed by atoms with Crippen molar-refractivity contribution in [1.82, 2.24) is 4.90 Å². The molecule has 0 aromatic carbocycles. The quantitative estimate of drug-likeness (QED) is 0.455.